The first-order chi connectivity index (χ1) is 8.61. The molecule has 0 atom stereocenters. The molecular weight excluding hydrogens is 323 g/mol. The van der Waals surface area contributed by atoms with Crippen LogP contribution in [0.25, 0.3) is 11.4 Å². The standard InChI is InChI=1S/C11H8BrFN2O2S/c1-2-17-11(16)9-4-8(15-18-9)10-7(12)3-6(13)5-14-10/h3-5H,2H2,1H3. The van der Waals surface area contributed by atoms with Crippen LogP contribution in [0.15, 0.2) is 22.8 Å². The Morgan fingerprint density at radius 2 is 2.33 bits per heavy atom. The second kappa shape index (κ2) is 5.53. The van der Waals surface area contributed by atoms with Crippen LogP contribution < -0.4 is 0 Å². The third-order valence-electron chi connectivity index (χ3n) is 2.04. The number of nitrogens with zero attached hydrogens (tertiary/aromatic N) is 2. The fourth-order valence-electron chi connectivity index (χ4n) is 1.29. The summed E-state index contributed by atoms with van der Waals surface area (Å²) in [5.74, 6) is -0.856. The molecule has 0 aromatic carbocycles. The lowest BCUT2D eigenvalue weighted by atomic mass is 10.2. The van der Waals surface area contributed by atoms with Gasteiger partial charge in [-0.25, -0.2) is 9.18 Å². The van der Waals surface area contributed by atoms with Crippen LogP contribution in [-0.2, 0) is 4.74 Å². The zero-order chi connectivity index (χ0) is 13.1. The number of hydrogen-bond acceptors (Lipinski definition) is 5. The molecule has 0 aliphatic heterocycles. The molecule has 0 amide bonds. The van der Waals surface area contributed by atoms with Crippen molar-refractivity contribution in [2.45, 2.75) is 6.92 Å². The Morgan fingerprint density at radius 3 is 3.00 bits per heavy atom. The van der Waals surface area contributed by atoms with Crippen molar-refractivity contribution in [3.8, 4) is 11.4 Å². The number of ether oxygens (including phenoxy) is 1. The van der Waals surface area contributed by atoms with Crippen molar-refractivity contribution in [1.29, 1.82) is 0 Å². The molecule has 0 saturated heterocycles. The van der Waals surface area contributed by atoms with Gasteiger partial charge >= 0.3 is 5.97 Å². The van der Waals surface area contributed by atoms with Crippen LogP contribution in [0, 0.1) is 5.82 Å². The molecule has 0 saturated carbocycles. The minimum absolute atomic E-state index is 0.310. The molecule has 2 aromatic rings. The van der Waals surface area contributed by atoms with Gasteiger partial charge in [0.25, 0.3) is 0 Å². The summed E-state index contributed by atoms with van der Waals surface area (Å²) in [5.41, 5.74) is 0.998. The lowest BCUT2D eigenvalue weighted by molar-refractivity contribution is 0.0532. The monoisotopic (exact) mass is 330 g/mol. The van der Waals surface area contributed by atoms with Crippen molar-refractivity contribution in [3.05, 3.63) is 33.5 Å². The third-order valence-corrected chi connectivity index (χ3v) is 3.41. The van der Waals surface area contributed by atoms with Crippen LogP contribution in [-0.4, -0.2) is 21.9 Å². The van der Waals surface area contributed by atoms with Gasteiger partial charge in [-0.2, -0.15) is 4.37 Å². The fourth-order valence-corrected chi connectivity index (χ4v) is 2.45. The van der Waals surface area contributed by atoms with Crippen LogP contribution >= 0.6 is 27.5 Å². The molecule has 0 fully saturated rings. The molecule has 0 bridgehead atoms. The maximum atomic E-state index is 12.9. The van der Waals surface area contributed by atoms with E-state index in [4.69, 9.17) is 4.74 Å². The molecule has 18 heavy (non-hydrogen) atoms. The Hall–Kier alpha value is -1.34. The van der Waals surface area contributed by atoms with Gasteiger partial charge in [-0.3, -0.25) is 4.98 Å². The number of aromatic nitrogens is 2. The molecule has 0 aliphatic rings. The van der Waals surface area contributed by atoms with Crippen molar-refractivity contribution in [3.63, 3.8) is 0 Å². The summed E-state index contributed by atoms with van der Waals surface area (Å²) in [5, 5.41) is 0. The summed E-state index contributed by atoms with van der Waals surface area (Å²) in [6.45, 7) is 2.04. The first kappa shape index (κ1) is 13.1. The zero-order valence-corrected chi connectivity index (χ0v) is 11.7. The largest absolute Gasteiger partial charge is 0.462 e. The molecule has 94 valence electrons. The Bertz CT molecular complexity index is 588. The molecule has 7 heteroatoms. The first-order valence-corrected chi connectivity index (χ1v) is 6.63. The van der Waals surface area contributed by atoms with Crippen LogP contribution in [0.2, 0.25) is 0 Å². The van der Waals surface area contributed by atoms with Crippen molar-refractivity contribution >= 4 is 33.4 Å². The van der Waals surface area contributed by atoms with Crippen LogP contribution in [0.5, 0.6) is 0 Å². The highest BCUT2D eigenvalue weighted by Gasteiger charge is 2.15. The second-order valence-corrected chi connectivity index (χ2v) is 4.94. The number of halogens is 2. The van der Waals surface area contributed by atoms with Gasteiger partial charge in [-0.1, -0.05) is 0 Å². The molecule has 0 spiro atoms. The fraction of sp³-hybridized carbons (Fsp3) is 0.182. The zero-order valence-electron chi connectivity index (χ0n) is 9.31. The molecule has 0 aliphatic carbocycles. The number of carbonyl (C=O) groups excluding carboxylic acids is 1. The second-order valence-electron chi connectivity index (χ2n) is 3.28. The van der Waals surface area contributed by atoms with Crippen LogP contribution in [0.3, 0.4) is 0 Å². The Balaban J connectivity index is 2.32. The van der Waals surface area contributed by atoms with E-state index < -0.39 is 11.8 Å². The minimum Gasteiger partial charge on any atom is -0.462 e. The van der Waals surface area contributed by atoms with E-state index in [1.165, 1.54) is 6.07 Å². The summed E-state index contributed by atoms with van der Waals surface area (Å²) in [6.07, 6.45) is 1.10. The average molecular weight is 331 g/mol. The quantitative estimate of drug-likeness (QED) is 0.810. The van der Waals surface area contributed by atoms with E-state index in [1.54, 1.807) is 13.0 Å². The first-order valence-electron chi connectivity index (χ1n) is 5.07. The number of esters is 1. The van der Waals surface area contributed by atoms with E-state index in [0.717, 1.165) is 17.7 Å². The van der Waals surface area contributed by atoms with Gasteiger partial charge in [-0.05, 0) is 46.5 Å². The van der Waals surface area contributed by atoms with E-state index in [-0.39, 0.29) is 0 Å². The SMILES string of the molecule is CCOC(=O)c1cc(-c2ncc(F)cc2Br)ns1. The van der Waals surface area contributed by atoms with Gasteiger partial charge in [0.1, 0.15) is 22.1 Å². The predicted molar refractivity (Wildman–Crippen MR) is 69.0 cm³/mol. The maximum absolute atomic E-state index is 12.9. The van der Waals surface area contributed by atoms with Gasteiger partial charge in [-0.15, -0.1) is 0 Å². The third kappa shape index (κ3) is 2.73. The lowest BCUT2D eigenvalue weighted by Gasteiger charge is -1.99. The molecule has 0 radical (unpaired) electrons. The predicted octanol–water partition coefficient (Wildman–Crippen LogP) is 3.28. The van der Waals surface area contributed by atoms with Gasteiger partial charge in [0.2, 0.25) is 0 Å². The molecular formula is C11H8BrFN2O2S. The number of carbonyl (C=O) groups is 1. The van der Waals surface area contributed by atoms with Crippen molar-refractivity contribution in [1.82, 2.24) is 9.36 Å². The van der Waals surface area contributed by atoms with E-state index in [2.05, 4.69) is 25.3 Å². The minimum atomic E-state index is -0.438. The Morgan fingerprint density at radius 1 is 1.56 bits per heavy atom. The smallest absolute Gasteiger partial charge is 0.349 e. The number of pyridine rings is 1. The maximum Gasteiger partial charge on any atom is 0.349 e. The highest BCUT2D eigenvalue weighted by molar-refractivity contribution is 9.10. The summed E-state index contributed by atoms with van der Waals surface area (Å²) >= 11 is 4.23. The number of rotatable bonds is 3. The van der Waals surface area contributed by atoms with E-state index in [9.17, 15) is 9.18 Å². The summed E-state index contributed by atoms with van der Waals surface area (Å²) in [4.78, 5) is 15.8. The van der Waals surface area contributed by atoms with Crippen LogP contribution in [0.1, 0.15) is 16.6 Å². The Labute approximate surface area is 115 Å². The van der Waals surface area contributed by atoms with Gasteiger partial charge in [0, 0.05) is 4.47 Å². The number of hydrogen-bond donors (Lipinski definition) is 0. The normalized spacial score (nSPS) is 10.4. The molecule has 2 heterocycles. The Kier molecular flexibility index (Phi) is 4.03. The van der Waals surface area contributed by atoms with E-state index in [0.29, 0.717) is 27.3 Å². The molecule has 0 unspecified atom stereocenters. The molecule has 4 nitrogen and oxygen atoms in total. The van der Waals surface area contributed by atoms with E-state index >= 15 is 0 Å². The summed E-state index contributed by atoms with van der Waals surface area (Å²) in [6, 6.07) is 2.87. The highest BCUT2D eigenvalue weighted by atomic mass is 79.9. The average Bonchev–Trinajstić information content (AvgIpc) is 2.78. The summed E-state index contributed by atoms with van der Waals surface area (Å²) < 4.78 is 22.4. The van der Waals surface area contributed by atoms with E-state index in [1.807, 2.05) is 0 Å². The summed E-state index contributed by atoms with van der Waals surface area (Å²) in [7, 11) is 0. The van der Waals surface area contributed by atoms with Crippen molar-refractivity contribution in [2.75, 3.05) is 6.61 Å². The van der Waals surface area contributed by atoms with Gasteiger partial charge in [0.05, 0.1) is 12.8 Å². The van der Waals surface area contributed by atoms with Crippen molar-refractivity contribution in [2.24, 2.45) is 0 Å². The molecule has 2 rings (SSSR count). The molecule has 0 N–H and O–H groups in total. The highest BCUT2D eigenvalue weighted by Crippen LogP contribution is 2.27. The van der Waals surface area contributed by atoms with Gasteiger partial charge in [0.15, 0.2) is 0 Å². The van der Waals surface area contributed by atoms with Crippen molar-refractivity contribution < 1.29 is 13.9 Å². The lowest BCUT2D eigenvalue weighted by Crippen LogP contribution is -2.01. The molecule has 2 aromatic heterocycles. The van der Waals surface area contributed by atoms with Gasteiger partial charge < -0.3 is 4.74 Å². The topological polar surface area (TPSA) is 52.1 Å². The van der Waals surface area contributed by atoms with Crippen LogP contribution in [0.4, 0.5) is 4.39 Å².